The number of nitrogens with one attached hydrogen (secondary N) is 2. The molecule has 1 aromatic heterocycles. The third-order valence-electron chi connectivity index (χ3n) is 6.68. The van der Waals surface area contributed by atoms with Gasteiger partial charge in [-0.1, -0.05) is 29.8 Å². The van der Waals surface area contributed by atoms with Gasteiger partial charge in [0.15, 0.2) is 0 Å². The number of nitrogens with zero attached hydrogens (tertiary/aromatic N) is 3. The number of halogens is 1. The Morgan fingerprint density at radius 3 is 2.55 bits per heavy atom. The van der Waals surface area contributed by atoms with E-state index in [4.69, 9.17) is 11.6 Å². The molecule has 2 N–H and O–H groups in total. The van der Waals surface area contributed by atoms with Crippen LogP contribution in [0, 0.1) is 0 Å². The van der Waals surface area contributed by atoms with Crippen LogP contribution in [0.15, 0.2) is 53.3 Å². The summed E-state index contributed by atoms with van der Waals surface area (Å²) in [6.45, 7) is 3.83. The number of rotatable bonds is 5. The van der Waals surface area contributed by atoms with Gasteiger partial charge in [0.1, 0.15) is 5.54 Å². The summed E-state index contributed by atoms with van der Waals surface area (Å²) in [4.78, 5) is 32.6. The quantitative estimate of drug-likeness (QED) is 0.641. The number of aromatic nitrogens is 2. The second-order valence-electron chi connectivity index (χ2n) is 8.40. The van der Waals surface area contributed by atoms with Gasteiger partial charge in [0.05, 0.1) is 17.7 Å². The van der Waals surface area contributed by atoms with E-state index in [1.165, 1.54) is 0 Å². The fourth-order valence-electron chi connectivity index (χ4n) is 4.98. The van der Waals surface area contributed by atoms with E-state index in [0.717, 1.165) is 55.6 Å². The van der Waals surface area contributed by atoms with Gasteiger partial charge in [0.25, 0.3) is 0 Å². The predicted molar refractivity (Wildman–Crippen MR) is 123 cm³/mol. The van der Waals surface area contributed by atoms with Gasteiger partial charge in [0.2, 0.25) is 5.91 Å². The Morgan fingerprint density at radius 2 is 1.77 bits per heavy atom. The zero-order valence-corrected chi connectivity index (χ0v) is 18.1. The molecule has 0 atom stereocenters. The van der Waals surface area contributed by atoms with Crippen LogP contribution in [0.1, 0.15) is 19.3 Å². The van der Waals surface area contributed by atoms with Crippen LogP contribution in [-0.4, -0.2) is 52.2 Å². The zero-order chi connectivity index (χ0) is 21.4. The van der Waals surface area contributed by atoms with Gasteiger partial charge in [-0.3, -0.25) is 9.36 Å². The first kappa shape index (κ1) is 20.2. The van der Waals surface area contributed by atoms with Crippen molar-refractivity contribution in [2.45, 2.75) is 31.3 Å². The van der Waals surface area contributed by atoms with E-state index in [2.05, 4.69) is 32.2 Å². The first-order valence-corrected chi connectivity index (χ1v) is 11.2. The van der Waals surface area contributed by atoms with Crippen molar-refractivity contribution in [3.8, 4) is 0 Å². The van der Waals surface area contributed by atoms with E-state index >= 15 is 0 Å². The van der Waals surface area contributed by atoms with E-state index in [1.54, 1.807) is 10.6 Å². The van der Waals surface area contributed by atoms with E-state index < -0.39 is 5.54 Å². The Labute approximate surface area is 185 Å². The van der Waals surface area contributed by atoms with Crippen molar-refractivity contribution in [3.63, 3.8) is 0 Å². The molecule has 2 aliphatic rings. The van der Waals surface area contributed by atoms with Gasteiger partial charge in [-0.15, -0.1) is 0 Å². The molecule has 1 amide bonds. The van der Waals surface area contributed by atoms with Crippen LogP contribution in [0.4, 0.5) is 5.69 Å². The summed E-state index contributed by atoms with van der Waals surface area (Å²) in [5.41, 5.74) is 2.18. The van der Waals surface area contributed by atoms with Crippen molar-refractivity contribution in [2.75, 3.05) is 31.2 Å². The number of anilines is 1. The number of para-hydroxylation sites is 1. The lowest BCUT2D eigenvalue weighted by atomic mass is 9.85. The van der Waals surface area contributed by atoms with Crippen molar-refractivity contribution in [1.82, 2.24) is 19.8 Å². The summed E-state index contributed by atoms with van der Waals surface area (Å²) in [6.07, 6.45) is 2.47. The summed E-state index contributed by atoms with van der Waals surface area (Å²) < 4.78 is 1.76. The number of aromatic amines is 1. The number of hydrogen-bond donors (Lipinski definition) is 2. The number of H-pyrrole nitrogens is 1. The van der Waals surface area contributed by atoms with Crippen LogP contribution in [0.5, 0.6) is 0 Å². The van der Waals surface area contributed by atoms with Gasteiger partial charge >= 0.3 is 5.69 Å². The van der Waals surface area contributed by atoms with Crippen LogP contribution in [-0.2, 0) is 11.3 Å². The minimum Gasteiger partial charge on any atom is -0.339 e. The Balaban J connectivity index is 1.22. The van der Waals surface area contributed by atoms with Gasteiger partial charge in [-0.25, -0.2) is 4.79 Å². The number of benzene rings is 2. The molecule has 1 spiro atoms. The highest BCUT2D eigenvalue weighted by molar-refractivity contribution is 6.31. The standard InChI is InChI=1S/C23H26ClN5O2/c24-17-7-8-19-20(15-17)28(22(31)26-19)12-4-11-27-13-9-23(10-14-27)21(30)25-16-29(23)18-5-2-1-3-6-18/h1-3,5-8,15H,4,9-14,16H2,(H,25,30)(H,26,31). The molecule has 0 radical (unpaired) electrons. The number of aryl methyl sites for hydroxylation is 1. The number of imidazole rings is 1. The minimum atomic E-state index is -0.456. The lowest BCUT2D eigenvalue weighted by Crippen LogP contribution is -2.56. The maximum atomic E-state index is 12.8. The number of amides is 1. The van der Waals surface area contributed by atoms with Crippen LogP contribution < -0.4 is 15.9 Å². The molecule has 0 aliphatic carbocycles. The highest BCUT2D eigenvalue weighted by Crippen LogP contribution is 2.36. The van der Waals surface area contributed by atoms with Crippen LogP contribution in [0.25, 0.3) is 11.0 Å². The molecule has 2 aromatic carbocycles. The summed E-state index contributed by atoms with van der Waals surface area (Å²) >= 11 is 6.11. The fourth-order valence-corrected chi connectivity index (χ4v) is 5.15. The van der Waals surface area contributed by atoms with E-state index in [9.17, 15) is 9.59 Å². The molecule has 3 aromatic rings. The van der Waals surface area contributed by atoms with E-state index in [0.29, 0.717) is 18.2 Å². The average Bonchev–Trinajstić information content (AvgIpc) is 3.26. The van der Waals surface area contributed by atoms with Crippen molar-refractivity contribution in [1.29, 1.82) is 0 Å². The average molecular weight is 440 g/mol. The normalized spacial score (nSPS) is 18.7. The third kappa shape index (κ3) is 3.62. The van der Waals surface area contributed by atoms with E-state index in [1.807, 2.05) is 30.3 Å². The first-order chi connectivity index (χ1) is 15.1. The summed E-state index contributed by atoms with van der Waals surface area (Å²) in [7, 11) is 0. The second kappa shape index (κ2) is 8.05. The number of carbonyl (C=O) groups excluding carboxylic acids is 1. The van der Waals surface area contributed by atoms with Crippen molar-refractivity contribution >= 4 is 34.2 Å². The SMILES string of the molecule is O=C1NCN(c2ccccc2)C12CCN(CCCn1c(=O)[nH]c3ccc(Cl)cc31)CC2. The number of hydrogen-bond acceptors (Lipinski definition) is 4. The molecular formula is C23H26ClN5O2. The van der Waals surface area contributed by atoms with Gasteiger partial charge in [0, 0.05) is 30.3 Å². The zero-order valence-electron chi connectivity index (χ0n) is 17.3. The number of carbonyl (C=O) groups is 1. The molecule has 31 heavy (non-hydrogen) atoms. The van der Waals surface area contributed by atoms with Crippen molar-refractivity contribution < 1.29 is 4.79 Å². The second-order valence-corrected chi connectivity index (χ2v) is 8.83. The monoisotopic (exact) mass is 439 g/mol. The minimum absolute atomic E-state index is 0.101. The molecule has 162 valence electrons. The lowest BCUT2D eigenvalue weighted by molar-refractivity contribution is -0.125. The van der Waals surface area contributed by atoms with Crippen molar-refractivity contribution in [2.24, 2.45) is 0 Å². The van der Waals surface area contributed by atoms with Gasteiger partial charge < -0.3 is 20.1 Å². The van der Waals surface area contributed by atoms with Gasteiger partial charge in [-0.2, -0.15) is 0 Å². The molecule has 2 saturated heterocycles. The topological polar surface area (TPSA) is 73.4 Å². The molecule has 2 fully saturated rings. The maximum absolute atomic E-state index is 12.8. The summed E-state index contributed by atoms with van der Waals surface area (Å²) in [5, 5.41) is 3.67. The molecule has 7 nitrogen and oxygen atoms in total. The predicted octanol–water partition coefficient (Wildman–Crippen LogP) is 2.80. The van der Waals surface area contributed by atoms with E-state index in [-0.39, 0.29) is 11.6 Å². The lowest BCUT2D eigenvalue weighted by Gasteiger charge is -2.43. The Bertz CT molecular complexity index is 1150. The molecular weight excluding hydrogens is 414 g/mol. The van der Waals surface area contributed by atoms with Crippen LogP contribution in [0.3, 0.4) is 0 Å². The summed E-state index contributed by atoms with van der Waals surface area (Å²) in [5.74, 6) is 0.137. The first-order valence-electron chi connectivity index (χ1n) is 10.8. The number of piperidine rings is 1. The maximum Gasteiger partial charge on any atom is 0.326 e. The van der Waals surface area contributed by atoms with Crippen LogP contribution in [0.2, 0.25) is 5.02 Å². The number of likely N-dealkylation sites (tertiary alicyclic amines) is 1. The smallest absolute Gasteiger partial charge is 0.326 e. The highest BCUT2D eigenvalue weighted by atomic mass is 35.5. The Kier molecular flexibility index (Phi) is 5.24. The molecule has 5 rings (SSSR count). The molecule has 8 heteroatoms. The van der Waals surface area contributed by atoms with Crippen molar-refractivity contribution in [3.05, 3.63) is 64.0 Å². The fraction of sp³-hybridized carbons (Fsp3) is 0.391. The molecule has 2 aliphatic heterocycles. The molecule has 0 unspecified atom stereocenters. The Hall–Kier alpha value is -2.77. The largest absolute Gasteiger partial charge is 0.339 e. The number of fused-ring (bicyclic) bond motifs is 1. The Morgan fingerprint density at radius 1 is 1.00 bits per heavy atom. The molecule has 3 heterocycles. The molecule has 0 saturated carbocycles. The highest BCUT2D eigenvalue weighted by Gasteiger charge is 2.50. The summed E-state index contributed by atoms with van der Waals surface area (Å²) in [6, 6.07) is 15.6. The van der Waals surface area contributed by atoms with Gasteiger partial charge in [-0.05, 0) is 56.1 Å². The third-order valence-corrected chi connectivity index (χ3v) is 6.92. The molecule has 0 bridgehead atoms. The van der Waals surface area contributed by atoms with Crippen LogP contribution >= 0.6 is 11.6 Å².